The Morgan fingerprint density at radius 3 is 2.22 bits per heavy atom. The summed E-state index contributed by atoms with van der Waals surface area (Å²) in [6.45, 7) is 0. The number of phenols is 2. The summed E-state index contributed by atoms with van der Waals surface area (Å²) < 4.78 is 64.3. The smallest absolute Gasteiger partial charge is 0.307 e. The molecule has 0 amide bonds. The Kier molecular flexibility index (Phi) is 4.26. The van der Waals surface area contributed by atoms with E-state index >= 15 is 0 Å². The lowest BCUT2D eigenvalue weighted by atomic mass is 10.1. The highest BCUT2D eigenvalue weighted by atomic mass is 32.2. The first-order valence-corrected chi connectivity index (χ1v) is 9.49. The molecule has 0 saturated heterocycles. The second kappa shape index (κ2) is 6.20. The van der Waals surface area contributed by atoms with E-state index in [0.29, 0.717) is 6.07 Å². The van der Waals surface area contributed by atoms with Crippen molar-refractivity contribution in [1.82, 2.24) is 20.6 Å². The number of benzene rings is 2. The standard InChI is InChI=1S/C11H8N6O8S2/c18-6-3-5(26(20,21)22)1-4-2-7(27(23,24)25)9(10(19)8(4)6)12-13-11-14-16-17-15-11/h1-3,18-19H,(H,20,21,22)(H,23,24,25)(H,14,15,16,17). The molecule has 5 N–H and O–H groups in total. The van der Waals surface area contributed by atoms with Crippen molar-refractivity contribution in [2.75, 3.05) is 0 Å². The number of aromatic amines is 1. The highest BCUT2D eigenvalue weighted by Gasteiger charge is 2.25. The molecule has 0 aliphatic heterocycles. The average molecular weight is 416 g/mol. The molecule has 0 saturated carbocycles. The monoisotopic (exact) mass is 416 g/mol. The van der Waals surface area contributed by atoms with Crippen LogP contribution in [0.4, 0.5) is 11.6 Å². The van der Waals surface area contributed by atoms with Gasteiger partial charge in [-0.25, -0.2) is 0 Å². The van der Waals surface area contributed by atoms with Crippen molar-refractivity contribution in [1.29, 1.82) is 0 Å². The summed E-state index contributed by atoms with van der Waals surface area (Å²) in [4.78, 5) is -1.72. The fraction of sp³-hybridized carbons (Fsp3) is 0. The fourth-order valence-corrected chi connectivity index (χ4v) is 3.37. The fourth-order valence-electron chi connectivity index (χ4n) is 2.17. The minimum absolute atomic E-state index is 0.328. The number of nitrogens with zero attached hydrogens (tertiary/aromatic N) is 5. The summed E-state index contributed by atoms with van der Waals surface area (Å²) in [5.74, 6) is -2.08. The van der Waals surface area contributed by atoms with Crippen molar-refractivity contribution in [2.24, 2.45) is 10.2 Å². The van der Waals surface area contributed by atoms with E-state index in [1.54, 1.807) is 0 Å². The van der Waals surface area contributed by atoms with Crippen molar-refractivity contribution in [3.8, 4) is 11.5 Å². The molecule has 0 spiro atoms. The Bertz CT molecular complexity index is 1280. The molecular formula is C11H8N6O8S2. The quantitative estimate of drug-likeness (QED) is 0.293. The van der Waals surface area contributed by atoms with Gasteiger partial charge in [-0.3, -0.25) is 9.11 Å². The Morgan fingerprint density at radius 1 is 0.963 bits per heavy atom. The molecule has 0 atom stereocenters. The number of fused-ring (bicyclic) bond motifs is 1. The summed E-state index contributed by atoms with van der Waals surface area (Å²) in [6, 6.07) is 2.13. The molecule has 142 valence electrons. The van der Waals surface area contributed by atoms with Crippen LogP contribution >= 0.6 is 0 Å². The highest BCUT2D eigenvalue weighted by Crippen LogP contribution is 2.45. The molecule has 1 heterocycles. The molecule has 2 aromatic carbocycles. The molecule has 0 aliphatic carbocycles. The molecule has 0 unspecified atom stereocenters. The lowest BCUT2D eigenvalue weighted by Crippen LogP contribution is -2.01. The minimum Gasteiger partial charge on any atom is -0.507 e. The molecule has 0 fully saturated rings. The summed E-state index contributed by atoms with van der Waals surface area (Å²) in [7, 11) is -9.72. The number of azo groups is 1. The van der Waals surface area contributed by atoms with Crippen LogP contribution in [0.25, 0.3) is 10.8 Å². The molecule has 27 heavy (non-hydrogen) atoms. The van der Waals surface area contributed by atoms with E-state index in [9.17, 15) is 31.6 Å². The third-order valence-corrected chi connectivity index (χ3v) is 4.95. The van der Waals surface area contributed by atoms with E-state index in [4.69, 9.17) is 4.55 Å². The number of phenolic OH excluding ortho intramolecular Hbond substituents is 2. The maximum Gasteiger partial charge on any atom is 0.307 e. The van der Waals surface area contributed by atoms with Crippen molar-refractivity contribution >= 4 is 42.6 Å². The molecule has 3 aromatic rings. The average Bonchev–Trinajstić information content (AvgIpc) is 3.04. The number of rotatable bonds is 4. The Labute approximate surface area is 149 Å². The van der Waals surface area contributed by atoms with Gasteiger partial charge >= 0.3 is 5.95 Å². The number of hydrogen-bond acceptors (Lipinski definition) is 11. The van der Waals surface area contributed by atoms with Gasteiger partial charge in [0, 0.05) is 6.07 Å². The summed E-state index contributed by atoms with van der Waals surface area (Å²) in [5, 5.41) is 38.6. The molecule has 0 radical (unpaired) electrons. The maximum atomic E-state index is 11.6. The minimum atomic E-state index is -4.97. The van der Waals surface area contributed by atoms with Crippen LogP contribution in [0, 0.1) is 0 Å². The Hall–Kier alpha value is -3.21. The Morgan fingerprint density at radius 2 is 1.67 bits per heavy atom. The van der Waals surface area contributed by atoms with Gasteiger partial charge in [0.25, 0.3) is 20.2 Å². The van der Waals surface area contributed by atoms with E-state index in [2.05, 4.69) is 30.9 Å². The number of tetrazole rings is 1. The van der Waals surface area contributed by atoms with Crippen molar-refractivity contribution in [3.63, 3.8) is 0 Å². The van der Waals surface area contributed by atoms with Gasteiger partial charge in [-0.2, -0.15) is 22.0 Å². The van der Waals surface area contributed by atoms with Gasteiger partial charge in [0.15, 0.2) is 5.75 Å². The predicted molar refractivity (Wildman–Crippen MR) is 85.3 cm³/mol. The normalized spacial score (nSPS) is 12.8. The summed E-state index contributed by atoms with van der Waals surface area (Å²) >= 11 is 0. The van der Waals surface area contributed by atoms with Gasteiger partial charge in [-0.1, -0.05) is 5.10 Å². The zero-order chi connectivity index (χ0) is 20.0. The van der Waals surface area contributed by atoms with Gasteiger partial charge < -0.3 is 10.2 Å². The van der Waals surface area contributed by atoms with Crippen molar-refractivity contribution < 1.29 is 36.2 Å². The third kappa shape index (κ3) is 3.53. The van der Waals surface area contributed by atoms with Crippen LogP contribution in [0.2, 0.25) is 0 Å². The first-order chi connectivity index (χ1) is 12.5. The van der Waals surface area contributed by atoms with E-state index in [1.807, 2.05) is 0 Å². The van der Waals surface area contributed by atoms with Crippen LogP contribution in [-0.2, 0) is 20.2 Å². The van der Waals surface area contributed by atoms with Crippen LogP contribution < -0.4 is 0 Å². The maximum absolute atomic E-state index is 11.6. The lowest BCUT2D eigenvalue weighted by Gasteiger charge is -2.11. The first-order valence-electron chi connectivity index (χ1n) is 6.61. The van der Waals surface area contributed by atoms with E-state index in [1.165, 1.54) is 0 Å². The predicted octanol–water partition coefficient (Wildman–Crippen LogP) is 0.673. The summed E-state index contributed by atoms with van der Waals surface area (Å²) in [5.41, 5.74) is -0.773. The number of aromatic nitrogens is 4. The van der Waals surface area contributed by atoms with Crippen LogP contribution in [0.1, 0.15) is 0 Å². The highest BCUT2D eigenvalue weighted by molar-refractivity contribution is 7.86. The topological polar surface area (TPSA) is 228 Å². The Balaban J connectivity index is 2.38. The van der Waals surface area contributed by atoms with E-state index in [0.717, 1.165) is 12.1 Å². The second-order valence-electron chi connectivity index (χ2n) is 4.97. The number of nitrogens with one attached hydrogen (secondary N) is 1. The zero-order valence-electron chi connectivity index (χ0n) is 12.7. The van der Waals surface area contributed by atoms with Crippen LogP contribution in [0.5, 0.6) is 11.5 Å². The number of H-pyrrole nitrogens is 1. The van der Waals surface area contributed by atoms with Gasteiger partial charge in [-0.05, 0) is 22.7 Å². The van der Waals surface area contributed by atoms with Gasteiger partial charge in [0.05, 0.1) is 10.3 Å². The van der Waals surface area contributed by atoms with Crippen LogP contribution in [-0.4, -0.2) is 56.8 Å². The van der Waals surface area contributed by atoms with Gasteiger partial charge in [-0.15, -0.1) is 15.3 Å². The molecule has 0 bridgehead atoms. The SMILES string of the molecule is O=S(=O)(O)c1cc(O)c2c(O)c(N=Nc3nn[nH]n3)c(S(=O)(=O)O)cc2c1. The van der Waals surface area contributed by atoms with E-state index in [-0.39, 0.29) is 11.3 Å². The molecule has 0 aliphatic rings. The lowest BCUT2D eigenvalue weighted by molar-refractivity contribution is 0.457. The largest absolute Gasteiger partial charge is 0.507 e. The number of hydrogen-bond donors (Lipinski definition) is 5. The molecule has 16 heteroatoms. The molecule has 14 nitrogen and oxygen atoms in total. The summed E-state index contributed by atoms with van der Waals surface area (Å²) in [6.07, 6.45) is 0. The van der Waals surface area contributed by atoms with Gasteiger partial charge in [0.1, 0.15) is 16.3 Å². The molecular weight excluding hydrogens is 408 g/mol. The van der Waals surface area contributed by atoms with Crippen LogP contribution in [0.15, 0.2) is 38.2 Å². The van der Waals surface area contributed by atoms with E-state index < -0.39 is 52.6 Å². The van der Waals surface area contributed by atoms with Crippen molar-refractivity contribution in [3.05, 3.63) is 18.2 Å². The zero-order valence-corrected chi connectivity index (χ0v) is 14.3. The van der Waals surface area contributed by atoms with Gasteiger partial charge in [0.2, 0.25) is 0 Å². The second-order valence-corrected chi connectivity index (χ2v) is 7.79. The van der Waals surface area contributed by atoms with Crippen molar-refractivity contribution in [2.45, 2.75) is 9.79 Å². The molecule has 1 aromatic heterocycles. The first kappa shape index (κ1) is 18.6. The number of aromatic hydroxyl groups is 2. The third-order valence-electron chi connectivity index (χ3n) is 3.25. The van der Waals surface area contributed by atoms with Crippen LogP contribution in [0.3, 0.4) is 0 Å². The molecule has 3 rings (SSSR count).